The van der Waals surface area contributed by atoms with Crippen molar-refractivity contribution in [3.8, 4) is 5.75 Å². The zero-order valence-corrected chi connectivity index (χ0v) is 8.50. The fraction of sp³-hybridized carbons (Fsp3) is 0.0833. The van der Waals surface area contributed by atoms with E-state index in [2.05, 4.69) is 0 Å². The Hall–Kier alpha value is -2.03. The van der Waals surface area contributed by atoms with Gasteiger partial charge in [0.25, 0.3) is 0 Å². The highest BCUT2D eigenvalue weighted by molar-refractivity contribution is 5.80. The Morgan fingerprint density at radius 2 is 1.80 bits per heavy atom. The fourth-order valence-electron chi connectivity index (χ4n) is 0.677. The molecule has 1 aromatic rings. The Labute approximate surface area is 89.0 Å². The van der Waals surface area contributed by atoms with E-state index >= 15 is 0 Å². The molecule has 3 heteroatoms. The van der Waals surface area contributed by atoms with Gasteiger partial charge in [0.05, 0.1) is 0 Å². The van der Waals surface area contributed by atoms with Crippen molar-refractivity contribution in [2.24, 2.45) is 0 Å². The molecular weight excluding hydrogens is 192 g/mol. The van der Waals surface area contributed by atoms with Crippen LogP contribution < -0.4 is 0 Å². The van der Waals surface area contributed by atoms with Crippen LogP contribution in [-0.2, 0) is 4.79 Å². The summed E-state index contributed by atoms with van der Waals surface area (Å²) >= 11 is 0. The highest BCUT2D eigenvalue weighted by Gasteiger charge is 1.78. The van der Waals surface area contributed by atoms with Crippen LogP contribution in [-0.4, -0.2) is 16.2 Å². The predicted octanol–water partition coefficient (Wildman–Crippen LogP) is 2.60. The van der Waals surface area contributed by atoms with Crippen molar-refractivity contribution in [3.05, 3.63) is 54.6 Å². The molecule has 0 spiro atoms. The Bertz CT molecular complexity index is 326. The molecule has 1 rings (SSSR count). The number of benzene rings is 1. The molecule has 0 aromatic heterocycles. The first-order valence-corrected chi connectivity index (χ1v) is 4.43. The lowest BCUT2D eigenvalue weighted by Crippen LogP contribution is -1.83. The van der Waals surface area contributed by atoms with Gasteiger partial charge in [-0.25, -0.2) is 4.79 Å². The third kappa shape index (κ3) is 9.89. The summed E-state index contributed by atoms with van der Waals surface area (Å²) in [6.45, 7) is 1.83. The first-order valence-electron chi connectivity index (χ1n) is 4.43. The normalized spacial score (nSPS) is 9.93. The van der Waals surface area contributed by atoms with Gasteiger partial charge in [0.1, 0.15) is 5.75 Å². The number of aromatic hydroxyl groups is 1. The summed E-state index contributed by atoms with van der Waals surface area (Å²) in [5.74, 6) is -0.592. The highest BCUT2D eigenvalue weighted by atomic mass is 16.4. The smallest absolute Gasteiger partial charge is 0.328 e. The van der Waals surface area contributed by atoms with Crippen LogP contribution in [0.2, 0.25) is 0 Å². The standard InChI is InChI=1S/C6H8O2.C6H6O/c1-2-3-4-5-6(7)8;7-6-4-2-1-3-5-6/h2-5H,1H3,(H,7,8);1-5,7H/b3-2+,5-4+;. The quantitative estimate of drug-likeness (QED) is 0.577. The summed E-state index contributed by atoms with van der Waals surface area (Å²) in [7, 11) is 0. The minimum Gasteiger partial charge on any atom is -0.508 e. The third-order valence-electron chi connectivity index (χ3n) is 1.30. The van der Waals surface area contributed by atoms with E-state index in [1.54, 1.807) is 36.4 Å². The molecule has 0 fully saturated rings. The van der Waals surface area contributed by atoms with Crippen LogP contribution in [0.3, 0.4) is 0 Å². The number of carboxylic acid groups (broad SMARTS) is 1. The average Bonchev–Trinajstić information content (AvgIpc) is 2.20. The van der Waals surface area contributed by atoms with Crippen LogP contribution in [0.15, 0.2) is 54.6 Å². The van der Waals surface area contributed by atoms with Gasteiger partial charge >= 0.3 is 5.97 Å². The molecule has 0 unspecified atom stereocenters. The summed E-state index contributed by atoms with van der Waals surface area (Å²) in [6, 6.07) is 8.71. The van der Waals surface area contributed by atoms with Crippen LogP contribution in [0.5, 0.6) is 5.75 Å². The van der Waals surface area contributed by atoms with E-state index < -0.39 is 5.97 Å². The molecule has 0 aliphatic carbocycles. The Morgan fingerprint density at radius 1 is 1.20 bits per heavy atom. The summed E-state index contributed by atoms with van der Waals surface area (Å²) < 4.78 is 0. The topological polar surface area (TPSA) is 57.5 Å². The maximum atomic E-state index is 9.75. The van der Waals surface area contributed by atoms with E-state index in [-0.39, 0.29) is 0 Å². The molecule has 0 aliphatic rings. The van der Waals surface area contributed by atoms with E-state index in [0.29, 0.717) is 5.75 Å². The molecule has 0 radical (unpaired) electrons. The monoisotopic (exact) mass is 206 g/mol. The zero-order chi connectivity index (χ0) is 11.5. The van der Waals surface area contributed by atoms with Gasteiger partial charge in [-0.05, 0) is 19.1 Å². The molecule has 0 amide bonds. The van der Waals surface area contributed by atoms with Crippen molar-refractivity contribution in [3.63, 3.8) is 0 Å². The van der Waals surface area contributed by atoms with Crippen molar-refractivity contribution in [1.82, 2.24) is 0 Å². The third-order valence-corrected chi connectivity index (χ3v) is 1.30. The number of rotatable bonds is 2. The van der Waals surface area contributed by atoms with E-state index in [1.165, 1.54) is 6.08 Å². The number of carbonyl (C=O) groups is 1. The molecule has 80 valence electrons. The van der Waals surface area contributed by atoms with Crippen molar-refractivity contribution >= 4 is 5.97 Å². The van der Waals surface area contributed by atoms with Gasteiger partial charge in [0.2, 0.25) is 0 Å². The lowest BCUT2D eigenvalue weighted by atomic mass is 10.3. The molecule has 3 nitrogen and oxygen atoms in total. The molecule has 0 heterocycles. The summed E-state index contributed by atoms with van der Waals surface area (Å²) in [6.07, 6.45) is 5.98. The SMILES string of the molecule is C/C=C/C=C/C(=O)O.Oc1ccccc1. The Morgan fingerprint density at radius 3 is 2.13 bits per heavy atom. The fourth-order valence-corrected chi connectivity index (χ4v) is 0.677. The van der Waals surface area contributed by atoms with E-state index in [1.807, 2.05) is 13.0 Å². The minimum atomic E-state index is -0.914. The molecular formula is C12H14O3. The maximum Gasteiger partial charge on any atom is 0.328 e. The van der Waals surface area contributed by atoms with Crippen molar-refractivity contribution in [2.75, 3.05) is 0 Å². The average molecular weight is 206 g/mol. The largest absolute Gasteiger partial charge is 0.508 e. The second-order valence-electron chi connectivity index (χ2n) is 2.56. The number of phenols is 1. The number of para-hydroxylation sites is 1. The number of phenolic OH excluding ortho intramolecular Hbond substituents is 1. The maximum absolute atomic E-state index is 9.75. The molecule has 0 bridgehead atoms. The van der Waals surface area contributed by atoms with E-state index in [4.69, 9.17) is 10.2 Å². The van der Waals surface area contributed by atoms with Gasteiger partial charge in [0.15, 0.2) is 0 Å². The van der Waals surface area contributed by atoms with Crippen LogP contribution >= 0.6 is 0 Å². The zero-order valence-electron chi connectivity index (χ0n) is 8.50. The van der Waals surface area contributed by atoms with Crippen LogP contribution in [0.1, 0.15) is 6.92 Å². The van der Waals surface area contributed by atoms with Gasteiger partial charge < -0.3 is 10.2 Å². The Kier molecular flexibility index (Phi) is 7.40. The lowest BCUT2D eigenvalue weighted by Gasteiger charge is -1.82. The van der Waals surface area contributed by atoms with E-state index in [0.717, 1.165) is 6.08 Å². The predicted molar refractivity (Wildman–Crippen MR) is 59.7 cm³/mol. The molecule has 2 N–H and O–H groups in total. The number of hydrogen-bond acceptors (Lipinski definition) is 2. The second kappa shape index (κ2) is 8.56. The Balaban J connectivity index is 0.000000262. The second-order valence-corrected chi connectivity index (χ2v) is 2.56. The lowest BCUT2D eigenvalue weighted by molar-refractivity contribution is -0.131. The van der Waals surface area contributed by atoms with Crippen molar-refractivity contribution in [1.29, 1.82) is 0 Å². The highest BCUT2D eigenvalue weighted by Crippen LogP contribution is 2.02. The molecule has 0 saturated heterocycles. The molecule has 1 aromatic carbocycles. The summed E-state index contributed by atoms with van der Waals surface area (Å²) in [4.78, 5) is 9.75. The minimum absolute atomic E-state index is 0.322. The molecule has 15 heavy (non-hydrogen) atoms. The summed E-state index contributed by atoms with van der Waals surface area (Å²) in [5.41, 5.74) is 0. The summed E-state index contributed by atoms with van der Waals surface area (Å²) in [5, 5.41) is 16.7. The number of aliphatic carboxylic acids is 1. The van der Waals surface area contributed by atoms with Gasteiger partial charge in [0, 0.05) is 6.08 Å². The molecule has 0 atom stereocenters. The van der Waals surface area contributed by atoms with Crippen molar-refractivity contribution < 1.29 is 15.0 Å². The van der Waals surface area contributed by atoms with Crippen LogP contribution in [0.25, 0.3) is 0 Å². The molecule has 0 aliphatic heterocycles. The first kappa shape index (κ1) is 13.0. The van der Waals surface area contributed by atoms with Crippen molar-refractivity contribution in [2.45, 2.75) is 6.92 Å². The van der Waals surface area contributed by atoms with Gasteiger partial charge in [-0.3, -0.25) is 0 Å². The van der Waals surface area contributed by atoms with Gasteiger partial charge in [-0.1, -0.05) is 36.4 Å². The number of carboxylic acids is 1. The number of hydrogen-bond donors (Lipinski definition) is 2. The van der Waals surface area contributed by atoms with Gasteiger partial charge in [-0.2, -0.15) is 0 Å². The first-order chi connectivity index (χ1) is 7.16. The van der Waals surface area contributed by atoms with E-state index in [9.17, 15) is 4.79 Å². The molecule has 0 saturated carbocycles. The van der Waals surface area contributed by atoms with Crippen LogP contribution in [0, 0.1) is 0 Å². The van der Waals surface area contributed by atoms with Gasteiger partial charge in [-0.15, -0.1) is 0 Å². The van der Waals surface area contributed by atoms with Crippen LogP contribution in [0.4, 0.5) is 0 Å². The number of allylic oxidation sites excluding steroid dienone is 3.